The number of hydrogen-bond acceptors (Lipinski definition) is 3. The number of Topliss-reactive ketones (excluding diaryl/α,β-unsaturated/α-hetero) is 1. The SMILES string of the molecule is C/C(CC(=O)Cc1ccccc1)=N\N(Cc1ccccc1)[Si](C)(C)C. The molecule has 0 spiro atoms. The Morgan fingerprint density at radius 3 is 1.96 bits per heavy atom. The summed E-state index contributed by atoms with van der Waals surface area (Å²) in [6, 6.07) is 20.3. The van der Waals surface area contributed by atoms with E-state index in [0.29, 0.717) is 12.8 Å². The molecule has 0 unspecified atom stereocenters. The van der Waals surface area contributed by atoms with Crippen LogP contribution < -0.4 is 0 Å². The minimum absolute atomic E-state index is 0.211. The molecule has 0 saturated heterocycles. The number of carbonyl (C=O) groups is 1. The maximum absolute atomic E-state index is 12.3. The average Bonchev–Trinajstić information content (AvgIpc) is 2.55. The molecule has 2 aromatic carbocycles. The Labute approximate surface area is 152 Å². The predicted octanol–water partition coefficient (Wildman–Crippen LogP) is 4.90. The first-order valence-corrected chi connectivity index (χ1v) is 12.2. The standard InChI is InChI=1S/C21H28N2OSi/c1-18(15-21(24)16-19-11-7-5-8-12-19)22-23(25(2,3)4)17-20-13-9-6-10-14-20/h5-14H,15-17H2,1-4H3/b22-18+. The van der Waals surface area contributed by atoms with Crippen LogP contribution in [0.5, 0.6) is 0 Å². The summed E-state index contributed by atoms with van der Waals surface area (Å²) in [4.78, 5) is 12.3. The second-order valence-electron chi connectivity index (χ2n) is 7.43. The van der Waals surface area contributed by atoms with Crippen LogP contribution in [0.25, 0.3) is 0 Å². The first kappa shape index (κ1) is 19.1. The molecule has 2 rings (SSSR count). The highest BCUT2D eigenvalue weighted by atomic mass is 28.3. The van der Waals surface area contributed by atoms with Crippen molar-refractivity contribution in [3.05, 3.63) is 71.8 Å². The summed E-state index contributed by atoms with van der Waals surface area (Å²) >= 11 is 0. The molecule has 0 aliphatic carbocycles. The quantitative estimate of drug-likeness (QED) is 0.384. The van der Waals surface area contributed by atoms with Crippen LogP contribution in [0.2, 0.25) is 19.6 Å². The molecule has 0 aliphatic rings. The third-order valence-corrected chi connectivity index (χ3v) is 5.74. The number of benzene rings is 2. The van der Waals surface area contributed by atoms with Crippen LogP contribution in [-0.4, -0.2) is 24.4 Å². The van der Waals surface area contributed by atoms with Gasteiger partial charge in [-0.15, -0.1) is 0 Å². The summed E-state index contributed by atoms with van der Waals surface area (Å²) in [6.07, 6.45) is 0.879. The second kappa shape index (κ2) is 8.76. The van der Waals surface area contributed by atoms with E-state index in [4.69, 9.17) is 5.10 Å². The lowest BCUT2D eigenvalue weighted by molar-refractivity contribution is -0.117. The van der Waals surface area contributed by atoms with Gasteiger partial charge in [0.2, 0.25) is 0 Å². The summed E-state index contributed by atoms with van der Waals surface area (Å²) in [5, 5.41) is 4.82. The third kappa shape index (κ3) is 6.67. The molecule has 0 aromatic heterocycles. The molecule has 0 radical (unpaired) electrons. The van der Waals surface area contributed by atoms with E-state index in [2.05, 4.69) is 48.6 Å². The van der Waals surface area contributed by atoms with Gasteiger partial charge in [0.05, 0.1) is 6.54 Å². The molecule has 132 valence electrons. The van der Waals surface area contributed by atoms with Crippen molar-refractivity contribution in [2.24, 2.45) is 5.10 Å². The molecule has 0 atom stereocenters. The second-order valence-corrected chi connectivity index (χ2v) is 12.3. The van der Waals surface area contributed by atoms with Gasteiger partial charge in [0.15, 0.2) is 8.24 Å². The van der Waals surface area contributed by atoms with Gasteiger partial charge < -0.3 is 4.67 Å². The van der Waals surface area contributed by atoms with Crippen LogP contribution >= 0.6 is 0 Å². The van der Waals surface area contributed by atoms with Gasteiger partial charge in [-0.3, -0.25) is 4.79 Å². The Balaban J connectivity index is 2.03. The van der Waals surface area contributed by atoms with E-state index in [1.807, 2.05) is 43.3 Å². The highest BCUT2D eigenvalue weighted by Crippen LogP contribution is 2.16. The Hall–Kier alpha value is -2.20. The zero-order chi connectivity index (χ0) is 18.3. The number of carbonyl (C=O) groups excluding carboxylic acids is 1. The number of nitrogens with zero attached hydrogens (tertiary/aromatic N) is 2. The van der Waals surface area contributed by atoms with Crippen LogP contribution in [0, 0.1) is 0 Å². The fourth-order valence-corrected chi connectivity index (χ4v) is 3.72. The van der Waals surface area contributed by atoms with Crippen LogP contribution in [-0.2, 0) is 17.8 Å². The number of ketones is 1. The molecule has 3 nitrogen and oxygen atoms in total. The summed E-state index contributed by atoms with van der Waals surface area (Å²) < 4.78 is 2.20. The maximum atomic E-state index is 12.3. The number of rotatable bonds is 8. The molecule has 25 heavy (non-hydrogen) atoms. The largest absolute Gasteiger partial charge is 0.320 e. The summed E-state index contributed by atoms with van der Waals surface area (Å²) in [6.45, 7) is 9.58. The first-order valence-electron chi connectivity index (χ1n) is 8.76. The predicted molar refractivity (Wildman–Crippen MR) is 108 cm³/mol. The normalized spacial score (nSPS) is 12.1. The van der Waals surface area contributed by atoms with Crippen LogP contribution in [0.15, 0.2) is 65.8 Å². The van der Waals surface area contributed by atoms with E-state index in [-0.39, 0.29) is 5.78 Å². The summed E-state index contributed by atoms with van der Waals surface area (Å²) in [5.74, 6) is 0.211. The highest BCUT2D eigenvalue weighted by molar-refractivity contribution is 6.73. The van der Waals surface area contributed by atoms with Crippen molar-refractivity contribution in [3.63, 3.8) is 0 Å². The van der Waals surface area contributed by atoms with Crippen LogP contribution in [0.4, 0.5) is 0 Å². The van der Waals surface area contributed by atoms with Gasteiger partial charge in [0.1, 0.15) is 5.78 Å². The molecule has 0 N–H and O–H groups in total. The molecule has 2 aromatic rings. The van der Waals surface area contributed by atoms with E-state index in [9.17, 15) is 4.79 Å². The van der Waals surface area contributed by atoms with Crippen molar-refractivity contribution < 1.29 is 4.79 Å². The molecular weight excluding hydrogens is 324 g/mol. The van der Waals surface area contributed by atoms with Gasteiger partial charge in [0.25, 0.3) is 0 Å². The minimum Gasteiger partial charge on any atom is -0.320 e. The lowest BCUT2D eigenvalue weighted by Gasteiger charge is -2.32. The van der Waals surface area contributed by atoms with Gasteiger partial charge in [0, 0.05) is 18.6 Å². The molecule has 0 heterocycles. The fraction of sp³-hybridized carbons (Fsp3) is 0.333. The van der Waals surface area contributed by atoms with E-state index in [1.165, 1.54) is 5.56 Å². The van der Waals surface area contributed by atoms with Crippen LogP contribution in [0.3, 0.4) is 0 Å². The van der Waals surface area contributed by atoms with Gasteiger partial charge in [-0.25, -0.2) is 0 Å². The van der Waals surface area contributed by atoms with Gasteiger partial charge in [-0.2, -0.15) is 5.10 Å². The molecule has 0 bridgehead atoms. The van der Waals surface area contributed by atoms with Crippen molar-refractivity contribution in [1.82, 2.24) is 4.67 Å². The van der Waals surface area contributed by atoms with Crippen molar-refractivity contribution in [1.29, 1.82) is 0 Å². The van der Waals surface area contributed by atoms with Gasteiger partial charge in [-0.1, -0.05) is 80.3 Å². The third-order valence-electron chi connectivity index (χ3n) is 3.94. The van der Waals surface area contributed by atoms with Crippen LogP contribution in [0.1, 0.15) is 24.5 Å². The zero-order valence-electron chi connectivity index (χ0n) is 15.7. The highest BCUT2D eigenvalue weighted by Gasteiger charge is 2.23. The van der Waals surface area contributed by atoms with E-state index >= 15 is 0 Å². The molecule has 0 fully saturated rings. The van der Waals surface area contributed by atoms with Gasteiger partial charge in [-0.05, 0) is 18.1 Å². The molecule has 0 saturated carbocycles. The van der Waals surface area contributed by atoms with Gasteiger partial charge >= 0.3 is 0 Å². The maximum Gasteiger partial charge on any atom is 0.169 e. The molecular formula is C21H28N2OSi. The van der Waals surface area contributed by atoms with Crippen molar-refractivity contribution in [2.45, 2.75) is 46.0 Å². The van der Waals surface area contributed by atoms with Crippen molar-refractivity contribution in [3.8, 4) is 0 Å². The lowest BCUT2D eigenvalue weighted by Crippen LogP contribution is -2.42. The molecule has 4 heteroatoms. The van der Waals surface area contributed by atoms with E-state index in [1.54, 1.807) is 0 Å². The Morgan fingerprint density at radius 2 is 1.44 bits per heavy atom. The number of hydrogen-bond donors (Lipinski definition) is 0. The Kier molecular flexibility index (Phi) is 6.71. The van der Waals surface area contributed by atoms with E-state index < -0.39 is 8.24 Å². The van der Waals surface area contributed by atoms with E-state index in [0.717, 1.165) is 17.8 Å². The zero-order valence-corrected chi connectivity index (χ0v) is 16.7. The summed E-state index contributed by atoms with van der Waals surface area (Å²) in [7, 11) is -1.62. The number of hydrazone groups is 1. The molecule has 0 amide bonds. The Morgan fingerprint density at radius 1 is 0.920 bits per heavy atom. The summed E-state index contributed by atoms with van der Waals surface area (Å²) in [5.41, 5.74) is 3.20. The minimum atomic E-state index is -1.62. The van der Waals surface area contributed by atoms with Crippen molar-refractivity contribution in [2.75, 3.05) is 0 Å². The average molecular weight is 353 g/mol. The van der Waals surface area contributed by atoms with Crippen molar-refractivity contribution >= 4 is 19.7 Å². The fourth-order valence-electron chi connectivity index (χ4n) is 2.59. The smallest absolute Gasteiger partial charge is 0.169 e. The molecule has 0 aliphatic heterocycles. The Bertz CT molecular complexity index is 706. The topological polar surface area (TPSA) is 32.7 Å². The monoisotopic (exact) mass is 352 g/mol. The lowest BCUT2D eigenvalue weighted by atomic mass is 10.1. The first-order chi connectivity index (χ1) is 11.8.